The van der Waals surface area contributed by atoms with Crippen molar-refractivity contribution in [2.45, 2.75) is 19.4 Å². The van der Waals surface area contributed by atoms with Crippen molar-refractivity contribution < 1.29 is 14.3 Å². The van der Waals surface area contributed by atoms with Gasteiger partial charge in [0.25, 0.3) is 5.91 Å². The normalized spacial score (nSPS) is 12.2. The third kappa shape index (κ3) is 3.62. The van der Waals surface area contributed by atoms with Crippen molar-refractivity contribution in [3.05, 3.63) is 67.9 Å². The molecule has 0 radical (unpaired) electrons. The van der Waals surface area contributed by atoms with Gasteiger partial charge in [-0.25, -0.2) is 0 Å². The van der Waals surface area contributed by atoms with E-state index in [2.05, 4.69) is 21.2 Å². The maximum absolute atomic E-state index is 12.9. The Kier molecular flexibility index (Phi) is 5.32. The van der Waals surface area contributed by atoms with Crippen molar-refractivity contribution in [1.82, 2.24) is 9.88 Å². The number of nitrogens with zero attached hydrogens (tertiary/aromatic N) is 1. The number of ether oxygens (including phenoxy) is 2. The minimum atomic E-state index is -0.352. The topological polar surface area (TPSA) is 69.6 Å². The first-order chi connectivity index (χ1) is 14.0. The molecule has 2 aromatic carbocycles. The zero-order valence-electron chi connectivity index (χ0n) is 16.3. The first kappa shape index (κ1) is 19.5. The highest BCUT2D eigenvalue weighted by atomic mass is 79.9. The molecule has 6 nitrogen and oxygen atoms in total. The van der Waals surface area contributed by atoms with Crippen molar-refractivity contribution in [3.8, 4) is 11.5 Å². The van der Waals surface area contributed by atoms with Crippen LogP contribution in [0.1, 0.15) is 21.5 Å². The molecule has 0 spiro atoms. The summed E-state index contributed by atoms with van der Waals surface area (Å²) in [5.41, 5.74) is 3.01. The molecule has 150 valence electrons. The van der Waals surface area contributed by atoms with E-state index >= 15 is 0 Å². The van der Waals surface area contributed by atoms with Crippen LogP contribution in [0.3, 0.4) is 0 Å². The summed E-state index contributed by atoms with van der Waals surface area (Å²) in [5, 5.41) is 3.45. The molecule has 1 aromatic heterocycles. The number of carbonyl (C=O) groups is 1. The molecule has 0 atom stereocenters. The number of hydrogen-bond donors (Lipinski definition) is 1. The Labute approximate surface area is 176 Å². The second kappa shape index (κ2) is 7.91. The highest BCUT2D eigenvalue weighted by Crippen LogP contribution is 2.29. The number of benzene rings is 2. The highest BCUT2D eigenvalue weighted by Gasteiger charge is 2.21. The Morgan fingerprint density at radius 2 is 1.97 bits per heavy atom. The number of methoxy groups -OCH3 is 2. The van der Waals surface area contributed by atoms with Crippen LogP contribution in [-0.4, -0.2) is 31.2 Å². The van der Waals surface area contributed by atoms with Crippen LogP contribution in [0.25, 0.3) is 10.9 Å². The minimum Gasteiger partial charge on any atom is -0.493 e. The summed E-state index contributed by atoms with van der Waals surface area (Å²) >= 11 is 3.46. The van der Waals surface area contributed by atoms with Crippen LogP contribution in [0.2, 0.25) is 0 Å². The molecular weight excluding hydrogens is 436 g/mol. The van der Waals surface area contributed by atoms with Gasteiger partial charge in [0.05, 0.1) is 19.7 Å². The SMILES string of the molecule is COc1ccc(CCNC(=O)c2cn3c4c(cc(Br)cc4c2=O)CC3)cc1OC. The summed E-state index contributed by atoms with van der Waals surface area (Å²) in [7, 11) is 3.18. The Morgan fingerprint density at radius 1 is 1.17 bits per heavy atom. The first-order valence-corrected chi connectivity index (χ1v) is 10.2. The molecule has 1 amide bonds. The van der Waals surface area contributed by atoms with Gasteiger partial charge < -0.3 is 19.4 Å². The van der Waals surface area contributed by atoms with Crippen LogP contribution in [0.15, 0.2) is 45.8 Å². The Bertz CT molecular complexity index is 1170. The number of nitrogens with one attached hydrogen (secondary N) is 1. The number of carbonyl (C=O) groups excluding carboxylic acids is 1. The van der Waals surface area contributed by atoms with E-state index in [4.69, 9.17) is 9.47 Å². The smallest absolute Gasteiger partial charge is 0.256 e. The van der Waals surface area contributed by atoms with Crippen LogP contribution in [0, 0.1) is 0 Å². The summed E-state index contributed by atoms with van der Waals surface area (Å²) in [6.45, 7) is 1.18. The summed E-state index contributed by atoms with van der Waals surface area (Å²) in [4.78, 5) is 25.6. The average molecular weight is 457 g/mol. The number of halogens is 1. The Morgan fingerprint density at radius 3 is 2.72 bits per heavy atom. The van der Waals surface area contributed by atoms with Gasteiger partial charge >= 0.3 is 0 Å². The molecule has 1 N–H and O–H groups in total. The lowest BCUT2D eigenvalue weighted by atomic mass is 10.1. The van der Waals surface area contributed by atoms with E-state index in [-0.39, 0.29) is 16.9 Å². The van der Waals surface area contributed by atoms with Gasteiger partial charge in [0, 0.05) is 29.1 Å². The molecule has 4 rings (SSSR count). The van der Waals surface area contributed by atoms with Crippen LogP contribution in [0.5, 0.6) is 11.5 Å². The van der Waals surface area contributed by atoms with Gasteiger partial charge in [-0.05, 0) is 48.2 Å². The average Bonchev–Trinajstić information content (AvgIpc) is 3.13. The number of rotatable bonds is 6. The van der Waals surface area contributed by atoms with E-state index in [0.29, 0.717) is 29.9 Å². The largest absolute Gasteiger partial charge is 0.493 e. The van der Waals surface area contributed by atoms with Crippen molar-refractivity contribution >= 4 is 32.7 Å². The molecule has 0 unspecified atom stereocenters. The van der Waals surface area contributed by atoms with Gasteiger partial charge in [0.15, 0.2) is 11.5 Å². The fourth-order valence-electron chi connectivity index (χ4n) is 3.81. The molecule has 2 heterocycles. The van der Waals surface area contributed by atoms with E-state index in [1.165, 1.54) is 0 Å². The maximum Gasteiger partial charge on any atom is 0.256 e. The molecule has 29 heavy (non-hydrogen) atoms. The van der Waals surface area contributed by atoms with Crippen LogP contribution in [-0.2, 0) is 19.4 Å². The van der Waals surface area contributed by atoms with Gasteiger partial charge in [-0.15, -0.1) is 0 Å². The monoisotopic (exact) mass is 456 g/mol. The fourth-order valence-corrected chi connectivity index (χ4v) is 4.32. The van der Waals surface area contributed by atoms with Gasteiger partial charge in [0.2, 0.25) is 5.43 Å². The summed E-state index contributed by atoms with van der Waals surface area (Å²) in [6, 6.07) is 9.48. The van der Waals surface area contributed by atoms with E-state index < -0.39 is 0 Å². The van der Waals surface area contributed by atoms with E-state index in [1.807, 2.05) is 28.8 Å². The molecule has 1 aliphatic heterocycles. The number of pyridine rings is 1. The molecular formula is C22H21BrN2O4. The van der Waals surface area contributed by atoms with Gasteiger partial charge in [-0.2, -0.15) is 0 Å². The van der Waals surface area contributed by atoms with Crippen LogP contribution < -0.4 is 20.2 Å². The lowest BCUT2D eigenvalue weighted by Gasteiger charge is -2.11. The second-order valence-corrected chi connectivity index (χ2v) is 7.89. The van der Waals surface area contributed by atoms with Crippen molar-refractivity contribution in [2.75, 3.05) is 20.8 Å². The minimum absolute atomic E-state index is 0.177. The molecule has 1 aliphatic rings. The number of aromatic nitrogens is 1. The highest BCUT2D eigenvalue weighted by molar-refractivity contribution is 9.10. The third-order valence-corrected chi connectivity index (χ3v) is 5.69. The van der Waals surface area contributed by atoms with E-state index in [1.54, 1.807) is 26.5 Å². The lowest BCUT2D eigenvalue weighted by molar-refractivity contribution is 0.0952. The van der Waals surface area contributed by atoms with Gasteiger partial charge in [-0.1, -0.05) is 22.0 Å². The number of amides is 1. The van der Waals surface area contributed by atoms with Crippen molar-refractivity contribution in [1.29, 1.82) is 0 Å². The Balaban J connectivity index is 1.52. The summed E-state index contributed by atoms with van der Waals surface area (Å²) in [5.74, 6) is 0.955. The maximum atomic E-state index is 12.9. The fraction of sp³-hybridized carbons (Fsp3) is 0.273. The molecule has 0 bridgehead atoms. The van der Waals surface area contributed by atoms with Crippen molar-refractivity contribution in [3.63, 3.8) is 0 Å². The zero-order valence-corrected chi connectivity index (χ0v) is 17.8. The van der Waals surface area contributed by atoms with Gasteiger partial charge in [0.1, 0.15) is 5.56 Å². The predicted octanol–water partition coefficient (Wildman–Crippen LogP) is 3.31. The quantitative estimate of drug-likeness (QED) is 0.617. The van der Waals surface area contributed by atoms with Crippen molar-refractivity contribution in [2.24, 2.45) is 0 Å². The molecule has 0 aliphatic carbocycles. The third-order valence-electron chi connectivity index (χ3n) is 5.23. The number of hydrogen-bond acceptors (Lipinski definition) is 4. The molecule has 0 fully saturated rings. The van der Waals surface area contributed by atoms with E-state index in [9.17, 15) is 9.59 Å². The molecule has 3 aromatic rings. The first-order valence-electron chi connectivity index (χ1n) is 9.36. The summed E-state index contributed by atoms with van der Waals surface area (Å²) < 4.78 is 13.4. The zero-order chi connectivity index (χ0) is 20.5. The molecule has 0 saturated carbocycles. The lowest BCUT2D eigenvalue weighted by Crippen LogP contribution is -2.31. The Hall–Kier alpha value is -2.80. The second-order valence-electron chi connectivity index (χ2n) is 6.97. The van der Waals surface area contributed by atoms with E-state index in [0.717, 1.165) is 34.1 Å². The molecule has 7 heteroatoms. The van der Waals surface area contributed by atoms with Crippen LogP contribution in [0.4, 0.5) is 0 Å². The molecule has 0 saturated heterocycles. The van der Waals surface area contributed by atoms with Gasteiger partial charge in [-0.3, -0.25) is 9.59 Å². The standard InChI is InChI=1S/C22H21BrN2O4/c1-28-18-4-3-13(9-19(18)29-2)5-7-24-22(27)17-12-25-8-6-14-10-15(23)11-16(20(14)25)21(17)26/h3-4,9-12H,5-8H2,1-2H3,(H,24,27). The number of aryl methyl sites for hydroxylation is 2. The summed E-state index contributed by atoms with van der Waals surface area (Å²) in [6.07, 6.45) is 3.16. The van der Waals surface area contributed by atoms with Crippen LogP contribution >= 0.6 is 15.9 Å². The predicted molar refractivity (Wildman–Crippen MR) is 115 cm³/mol.